The third kappa shape index (κ3) is 2.92. The largest absolute Gasteiger partial charge is 0.495 e. The van der Waals surface area contributed by atoms with Crippen LogP contribution in [0.2, 0.25) is 0 Å². The number of amides is 1. The van der Waals surface area contributed by atoms with Gasteiger partial charge in [-0.1, -0.05) is 6.07 Å². The standard InChI is InChI=1S/C18H16N4O4/c1-24-15-6-5-12(22-10-19-20-11-22)9-14(15)21-18(23)13-3-2-4-16-17(13)26-8-7-25-16/h2-6,9-11H,7-8H2,1H3,(H,21,23). The van der Waals surface area contributed by atoms with Gasteiger partial charge in [-0.05, 0) is 30.3 Å². The predicted octanol–water partition coefficient (Wildman–Crippen LogP) is 2.30. The summed E-state index contributed by atoms with van der Waals surface area (Å²) in [5.74, 6) is 1.24. The van der Waals surface area contributed by atoms with Crippen molar-refractivity contribution in [2.45, 2.75) is 0 Å². The van der Waals surface area contributed by atoms with E-state index in [4.69, 9.17) is 14.2 Å². The van der Waals surface area contributed by atoms with E-state index in [2.05, 4.69) is 15.5 Å². The van der Waals surface area contributed by atoms with Gasteiger partial charge in [-0.3, -0.25) is 9.36 Å². The number of para-hydroxylation sites is 1. The van der Waals surface area contributed by atoms with E-state index in [0.717, 1.165) is 5.69 Å². The fraction of sp³-hybridized carbons (Fsp3) is 0.167. The van der Waals surface area contributed by atoms with Crippen LogP contribution < -0.4 is 19.5 Å². The lowest BCUT2D eigenvalue weighted by Gasteiger charge is -2.20. The first-order valence-electron chi connectivity index (χ1n) is 7.99. The maximum absolute atomic E-state index is 12.8. The highest BCUT2D eigenvalue weighted by Gasteiger charge is 2.21. The minimum Gasteiger partial charge on any atom is -0.495 e. The lowest BCUT2D eigenvalue weighted by Crippen LogP contribution is -2.20. The van der Waals surface area contributed by atoms with Crippen LogP contribution in [-0.2, 0) is 0 Å². The number of nitrogens with zero attached hydrogens (tertiary/aromatic N) is 3. The summed E-state index contributed by atoms with van der Waals surface area (Å²) >= 11 is 0. The predicted molar refractivity (Wildman–Crippen MR) is 93.3 cm³/mol. The quantitative estimate of drug-likeness (QED) is 0.775. The number of fused-ring (bicyclic) bond motifs is 1. The number of methoxy groups -OCH3 is 1. The summed E-state index contributed by atoms with van der Waals surface area (Å²) in [7, 11) is 1.55. The van der Waals surface area contributed by atoms with Crippen LogP contribution in [0.25, 0.3) is 5.69 Å². The number of benzene rings is 2. The van der Waals surface area contributed by atoms with Gasteiger partial charge in [0.15, 0.2) is 11.5 Å². The first kappa shape index (κ1) is 15.9. The lowest BCUT2D eigenvalue weighted by atomic mass is 10.1. The van der Waals surface area contributed by atoms with E-state index >= 15 is 0 Å². The summed E-state index contributed by atoms with van der Waals surface area (Å²) in [6.45, 7) is 0.872. The van der Waals surface area contributed by atoms with Gasteiger partial charge in [0, 0.05) is 0 Å². The number of carbonyl (C=O) groups excluding carboxylic acids is 1. The molecule has 0 saturated heterocycles. The summed E-state index contributed by atoms with van der Waals surface area (Å²) in [4.78, 5) is 12.8. The zero-order valence-electron chi connectivity index (χ0n) is 14.0. The molecule has 1 aliphatic rings. The molecule has 0 fully saturated rings. The van der Waals surface area contributed by atoms with Crippen molar-refractivity contribution in [3.63, 3.8) is 0 Å². The van der Waals surface area contributed by atoms with Crippen molar-refractivity contribution in [3.8, 4) is 22.9 Å². The van der Waals surface area contributed by atoms with Gasteiger partial charge in [-0.15, -0.1) is 10.2 Å². The molecule has 132 valence electrons. The second kappa shape index (κ2) is 6.75. The highest BCUT2D eigenvalue weighted by Crippen LogP contribution is 2.35. The van der Waals surface area contributed by atoms with Gasteiger partial charge in [0.1, 0.15) is 31.6 Å². The molecule has 0 saturated carbocycles. The topological polar surface area (TPSA) is 87.5 Å². The molecule has 2 heterocycles. The number of nitrogens with one attached hydrogen (secondary N) is 1. The Morgan fingerprint density at radius 1 is 1.15 bits per heavy atom. The highest BCUT2D eigenvalue weighted by atomic mass is 16.6. The second-order valence-corrected chi connectivity index (χ2v) is 5.54. The molecule has 0 radical (unpaired) electrons. The number of rotatable bonds is 4. The van der Waals surface area contributed by atoms with Crippen molar-refractivity contribution in [2.24, 2.45) is 0 Å². The molecule has 1 N–H and O–H groups in total. The van der Waals surface area contributed by atoms with Crippen LogP contribution in [0.4, 0.5) is 5.69 Å². The Bertz CT molecular complexity index is 940. The molecule has 8 nitrogen and oxygen atoms in total. The zero-order valence-corrected chi connectivity index (χ0v) is 14.0. The van der Waals surface area contributed by atoms with Gasteiger partial charge in [-0.25, -0.2) is 0 Å². The fourth-order valence-corrected chi connectivity index (χ4v) is 2.73. The SMILES string of the molecule is COc1ccc(-n2cnnc2)cc1NC(=O)c1cccc2c1OCCO2. The number of anilines is 1. The summed E-state index contributed by atoms with van der Waals surface area (Å²) in [6, 6.07) is 10.6. The zero-order chi connectivity index (χ0) is 17.9. The molecule has 3 aromatic rings. The van der Waals surface area contributed by atoms with Crippen LogP contribution in [0, 0.1) is 0 Å². The molecule has 1 amide bonds. The second-order valence-electron chi connectivity index (χ2n) is 5.54. The molecule has 0 unspecified atom stereocenters. The number of hydrogen-bond acceptors (Lipinski definition) is 6. The van der Waals surface area contributed by atoms with Gasteiger partial charge in [0.2, 0.25) is 0 Å². The van der Waals surface area contributed by atoms with E-state index in [0.29, 0.717) is 41.7 Å². The third-order valence-corrected chi connectivity index (χ3v) is 3.96. The van der Waals surface area contributed by atoms with E-state index in [1.54, 1.807) is 54.7 Å². The Labute approximate surface area is 149 Å². The minimum absolute atomic E-state index is 0.313. The van der Waals surface area contributed by atoms with Crippen LogP contribution in [0.15, 0.2) is 49.1 Å². The van der Waals surface area contributed by atoms with Gasteiger partial charge >= 0.3 is 0 Å². The first-order valence-corrected chi connectivity index (χ1v) is 7.99. The molecule has 0 bridgehead atoms. The highest BCUT2D eigenvalue weighted by molar-refractivity contribution is 6.07. The number of hydrogen-bond donors (Lipinski definition) is 1. The molecule has 1 aromatic heterocycles. The number of aromatic nitrogens is 3. The molecular formula is C18H16N4O4. The summed E-state index contributed by atoms with van der Waals surface area (Å²) in [5, 5.41) is 10.5. The van der Waals surface area contributed by atoms with Crippen LogP contribution >= 0.6 is 0 Å². The smallest absolute Gasteiger partial charge is 0.259 e. The molecule has 4 rings (SSSR count). The molecular weight excluding hydrogens is 336 g/mol. The van der Waals surface area contributed by atoms with Gasteiger partial charge in [0.25, 0.3) is 5.91 Å². The molecule has 26 heavy (non-hydrogen) atoms. The normalized spacial score (nSPS) is 12.5. The van der Waals surface area contributed by atoms with Crippen molar-refractivity contribution in [2.75, 3.05) is 25.6 Å². The van der Waals surface area contributed by atoms with Crippen molar-refractivity contribution < 1.29 is 19.0 Å². The van der Waals surface area contributed by atoms with Gasteiger partial charge in [0.05, 0.1) is 24.0 Å². The van der Waals surface area contributed by atoms with Crippen molar-refractivity contribution >= 4 is 11.6 Å². The van der Waals surface area contributed by atoms with Crippen LogP contribution in [-0.4, -0.2) is 41.0 Å². The van der Waals surface area contributed by atoms with E-state index in [9.17, 15) is 4.79 Å². The van der Waals surface area contributed by atoms with Crippen LogP contribution in [0.3, 0.4) is 0 Å². The summed E-state index contributed by atoms with van der Waals surface area (Å²) in [6.07, 6.45) is 3.15. The third-order valence-electron chi connectivity index (χ3n) is 3.96. The lowest BCUT2D eigenvalue weighted by molar-refractivity contribution is 0.101. The van der Waals surface area contributed by atoms with E-state index in [-0.39, 0.29) is 5.91 Å². The average molecular weight is 352 g/mol. The fourth-order valence-electron chi connectivity index (χ4n) is 2.73. The van der Waals surface area contributed by atoms with Crippen LogP contribution in [0.1, 0.15) is 10.4 Å². The Hall–Kier alpha value is -3.55. The van der Waals surface area contributed by atoms with E-state index in [1.165, 1.54) is 0 Å². The van der Waals surface area contributed by atoms with E-state index < -0.39 is 0 Å². The molecule has 2 aromatic carbocycles. The minimum atomic E-state index is -0.313. The van der Waals surface area contributed by atoms with Crippen molar-refractivity contribution in [1.82, 2.24) is 14.8 Å². The maximum Gasteiger partial charge on any atom is 0.259 e. The Morgan fingerprint density at radius 3 is 2.77 bits per heavy atom. The van der Waals surface area contributed by atoms with Gasteiger partial charge in [-0.2, -0.15) is 0 Å². The Kier molecular flexibility index (Phi) is 4.14. The van der Waals surface area contributed by atoms with E-state index in [1.807, 2.05) is 6.07 Å². The van der Waals surface area contributed by atoms with Gasteiger partial charge < -0.3 is 19.5 Å². The Morgan fingerprint density at radius 2 is 1.96 bits per heavy atom. The molecule has 0 aliphatic carbocycles. The average Bonchev–Trinajstić information content (AvgIpc) is 3.22. The maximum atomic E-state index is 12.8. The summed E-state index contributed by atoms with van der Waals surface area (Å²) < 4.78 is 18.2. The number of ether oxygens (including phenoxy) is 3. The van der Waals surface area contributed by atoms with Crippen LogP contribution in [0.5, 0.6) is 17.2 Å². The molecule has 8 heteroatoms. The Balaban J connectivity index is 1.66. The van der Waals surface area contributed by atoms with Crippen molar-refractivity contribution in [1.29, 1.82) is 0 Å². The first-order chi connectivity index (χ1) is 12.8. The number of carbonyl (C=O) groups is 1. The molecule has 0 atom stereocenters. The molecule has 1 aliphatic heterocycles. The monoisotopic (exact) mass is 352 g/mol. The molecule has 0 spiro atoms. The summed E-state index contributed by atoms with van der Waals surface area (Å²) in [5.41, 5.74) is 1.72. The van der Waals surface area contributed by atoms with Crippen molar-refractivity contribution in [3.05, 3.63) is 54.6 Å².